The van der Waals surface area contributed by atoms with Crippen molar-refractivity contribution in [1.29, 1.82) is 0 Å². The lowest BCUT2D eigenvalue weighted by Gasteiger charge is -2.25. The van der Waals surface area contributed by atoms with E-state index >= 15 is 0 Å². The van der Waals surface area contributed by atoms with E-state index < -0.39 is 0 Å². The van der Waals surface area contributed by atoms with Gasteiger partial charge in [0.05, 0.1) is 12.7 Å². The maximum atomic E-state index is 12.3. The van der Waals surface area contributed by atoms with Crippen molar-refractivity contribution in [3.63, 3.8) is 0 Å². The van der Waals surface area contributed by atoms with Crippen molar-refractivity contribution in [3.8, 4) is 5.75 Å². The third-order valence-corrected chi connectivity index (χ3v) is 3.68. The van der Waals surface area contributed by atoms with Gasteiger partial charge in [-0.2, -0.15) is 0 Å². The molecule has 0 aliphatic heterocycles. The quantitative estimate of drug-likeness (QED) is 0.786. The molecule has 1 aromatic rings. The lowest BCUT2D eigenvalue weighted by atomic mass is 9.85. The van der Waals surface area contributed by atoms with Crippen molar-refractivity contribution in [2.24, 2.45) is 17.8 Å². The zero-order valence-electron chi connectivity index (χ0n) is 13.1. The fourth-order valence-electron chi connectivity index (χ4n) is 2.45. The van der Waals surface area contributed by atoms with Crippen molar-refractivity contribution >= 4 is 11.6 Å². The summed E-state index contributed by atoms with van der Waals surface area (Å²) in [5.74, 6) is 1.91. The van der Waals surface area contributed by atoms with Crippen LogP contribution in [0.4, 0.5) is 5.69 Å². The van der Waals surface area contributed by atoms with Gasteiger partial charge >= 0.3 is 0 Å². The van der Waals surface area contributed by atoms with Crippen LogP contribution in [0.5, 0.6) is 5.75 Å². The van der Waals surface area contributed by atoms with Crippen LogP contribution in [-0.4, -0.2) is 19.6 Å². The molecule has 0 bridgehead atoms. The number of carbonyl (C=O) groups excluding carboxylic acids is 1. The van der Waals surface area contributed by atoms with E-state index in [4.69, 9.17) is 10.5 Å². The second kappa shape index (κ2) is 7.17. The van der Waals surface area contributed by atoms with Gasteiger partial charge in [0, 0.05) is 12.2 Å². The van der Waals surface area contributed by atoms with Crippen LogP contribution in [0.1, 0.15) is 38.1 Å². The molecule has 0 aliphatic carbocycles. The molecule has 4 heteroatoms. The number of hydrogen-bond acceptors (Lipinski definition) is 3. The van der Waals surface area contributed by atoms with E-state index in [1.807, 2.05) is 0 Å². The Morgan fingerprint density at radius 3 is 2.35 bits per heavy atom. The van der Waals surface area contributed by atoms with Gasteiger partial charge < -0.3 is 15.8 Å². The molecule has 0 radical (unpaired) electrons. The Bertz CT molecular complexity index is 448. The normalized spacial score (nSPS) is 11.2. The Kier molecular flexibility index (Phi) is 5.86. The highest BCUT2D eigenvalue weighted by Crippen LogP contribution is 2.22. The second-order valence-corrected chi connectivity index (χ2v) is 5.82. The Hall–Kier alpha value is -1.71. The molecule has 0 fully saturated rings. The molecule has 0 aromatic heterocycles. The Balaban J connectivity index is 2.79. The van der Waals surface area contributed by atoms with Crippen molar-refractivity contribution in [1.82, 2.24) is 5.32 Å². The third-order valence-electron chi connectivity index (χ3n) is 3.68. The van der Waals surface area contributed by atoms with E-state index in [1.54, 1.807) is 25.3 Å². The molecule has 0 spiro atoms. The van der Waals surface area contributed by atoms with Crippen molar-refractivity contribution in [2.45, 2.75) is 27.7 Å². The van der Waals surface area contributed by atoms with Gasteiger partial charge in [0.15, 0.2) is 0 Å². The summed E-state index contributed by atoms with van der Waals surface area (Å²) in [5.41, 5.74) is 6.78. The van der Waals surface area contributed by atoms with Gasteiger partial charge in [-0.1, -0.05) is 27.7 Å². The molecule has 112 valence electrons. The standard InChI is InChI=1S/C16H26N2O2/c1-10(2)14(11(3)4)9-18-16(19)13-8-12(17)6-7-15(13)20-5/h6-8,10-11,14H,9,17H2,1-5H3,(H,18,19). The molecule has 0 saturated heterocycles. The number of nitrogens with one attached hydrogen (secondary N) is 1. The first-order valence-electron chi connectivity index (χ1n) is 7.08. The summed E-state index contributed by atoms with van der Waals surface area (Å²) in [4.78, 5) is 12.3. The number of hydrogen-bond donors (Lipinski definition) is 2. The SMILES string of the molecule is COc1ccc(N)cc1C(=O)NCC(C(C)C)C(C)C. The maximum absolute atomic E-state index is 12.3. The molecule has 0 unspecified atom stereocenters. The van der Waals surface area contributed by atoms with Crippen LogP contribution in [0.3, 0.4) is 0 Å². The van der Waals surface area contributed by atoms with E-state index in [-0.39, 0.29) is 5.91 Å². The largest absolute Gasteiger partial charge is 0.496 e. The number of anilines is 1. The second-order valence-electron chi connectivity index (χ2n) is 5.82. The summed E-state index contributed by atoms with van der Waals surface area (Å²) >= 11 is 0. The van der Waals surface area contributed by atoms with E-state index in [0.29, 0.717) is 41.3 Å². The molecular formula is C16H26N2O2. The van der Waals surface area contributed by atoms with Crippen LogP contribution in [-0.2, 0) is 0 Å². The monoisotopic (exact) mass is 278 g/mol. The zero-order valence-corrected chi connectivity index (χ0v) is 13.1. The summed E-state index contributed by atoms with van der Waals surface area (Å²) in [7, 11) is 1.55. The maximum Gasteiger partial charge on any atom is 0.255 e. The van der Waals surface area contributed by atoms with Crippen molar-refractivity contribution in [2.75, 3.05) is 19.4 Å². The van der Waals surface area contributed by atoms with Crippen molar-refractivity contribution in [3.05, 3.63) is 23.8 Å². The summed E-state index contributed by atoms with van der Waals surface area (Å²) < 4.78 is 5.21. The van der Waals surface area contributed by atoms with E-state index in [2.05, 4.69) is 33.0 Å². The minimum Gasteiger partial charge on any atom is -0.496 e. The molecule has 0 atom stereocenters. The third kappa shape index (κ3) is 4.15. The Morgan fingerprint density at radius 1 is 1.25 bits per heavy atom. The molecular weight excluding hydrogens is 252 g/mol. The minimum absolute atomic E-state index is 0.138. The van der Waals surface area contributed by atoms with E-state index in [1.165, 1.54) is 0 Å². The van der Waals surface area contributed by atoms with Gasteiger partial charge in [-0.25, -0.2) is 0 Å². The molecule has 3 N–H and O–H groups in total. The zero-order chi connectivity index (χ0) is 15.3. The number of methoxy groups -OCH3 is 1. The molecule has 0 aliphatic rings. The molecule has 1 aromatic carbocycles. The van der Waals surface area contributed by atoms with Crippen LogP contribution in [0, 0.1) is 17.8 Å². The summed E-state index contributed by atoms with van der Waals surface area (Å²) in [6.45, 7) is 9.37. The van der Waals surface area contributed by atoms with Crippen LogP contribution in [0.15, 0.2) is 18.2 Å². The lowest BCUT2D eigenvalue weighted by Crippen LogP contribution is -2.34. The van der Waals surface area contributed by atoms with Gasteiger partial charge in [-0.15, -0.1) is 0 Å². The first kappa shape index (κ1) is 16.3. The van der Waals surface area contributed by atoms with E-state index in [9.17, 15) is 4.79 Å². The smallest absolute Gasteiger partial charge is 0.255 e. The minimum atomic E-state index is -0.138. The van der Waals surface area contributed by atoms with Crippen LogP contribution < -0.4 is 15.8 Å². The molecule has 1 rings (SSSR count). The molecule has 20 heavy (non-hydrogen) atoms. The Morgan fingerprint density at radius 2 is 1.85 bits per heavy atom. The van der Waals surface area contributed by atoms with Gasteiger partial charge in [0.25, 0.3) is 5.91 Å². The number of nitrogen functional groups attached to an aromatic ring is 1. The molecule has 0 saturated carbocycles. The molecule has 4 nitrogen and oxygen atoms in total. The fraction of sp³-hybridized carbons (Fsp3) is 0.562. The number of carbonyl (C=O) groups is 1. The topological polar surface area (TPSA) is 64.3 Å². The highest BCUT2D eigenvalue weighted by atomic mass is 16.5. The van der Waals surface area contributed by atoms with E-state index in [0.717, 1.165) is 0 Å². The predicted octanol–water partition coefficient (Wildman–Crippen LogP) is 2.94. The number of amides is 1. The average Bonchev–Trinajstić information content (AvgIpc) is 2.37. The van der Waals surface area contributed by atoms with Gasteiger partial charge in [-0.3, -0.25) is 4.79 Å². The van der Waals surface area contributed by atoms with Crippen LogP contribution in [0.2, 0.25) is 0 Å². The summed E-state index contributed by atoms with van der Waals surface area (Å²) in [6.07, 6.45) is 0. The lowest BCUT2D eigenvalue weighted by molar-refractivity contribution is 0.0934. The fourth-order valence-corrected chi connectivity index (χ4v) is 2.45. The Labute approximate surface area is 121 Å². The number of nitrogens with two attached hydrogens (primary N) is 1. The highest BCUT2D eigenvalue weighted by Gasteiger charge is 2.19. The molecule has 1 amide bonds. The first-order chi connectivity index (χ1) is 9.36. The highest BCUT2D eigenvalue weighted by molar-refractivity contribution is 5.97. The van der Waals surface area contributed by atoms with Gasteiger partial charge in [0.2, 0.25) is 0 Å². The van der Waals surface area contributed by atoms with Gasteiger partial charge in [0.1, 0.15) is 5.75 Å². The summed E-state index contributed by atoms with van der Waals surface area (Å²) in [6, 6.07) is 5.08. The van der Waals surface area contributed by atoms with Gasteiger partial charge in [-0.05, 0) is 36.0 Å². The van der Waals surface area contributed by atoms with Crippen LogP contribution in [0.25, 0.3) is 0 Å². The average molecular weight is 278 g/mol. The summed E-state index contributed by atoms with van der Waals surface area (Å²) in [5, 5.41) is 2.99. The number of benzene rings is 1. The van der Waals surface area contributed by atoms with Crippen molar-refractivity contribution < 1.29 is 9.53 Å². The van der Waals surface area contributed by atoms with Crippen LogP contribution >= 0.6 is 0 Å². The molecule has 0 heterocycles. The predicted molar refractivity (Wildman–Crippen MR) is 82.9 cm³/mol. The number of ether oxygens (including phenoxy) is 1. The number of rotatable bonds is 6. The first-order valence-corrected chi connectivity index (χ1v) is 7.08.